The number of hydrogen-bond donors (Lipinski definition) is 0. The average Bonchev–Trinajstić information content (AvgIpc) is 0.800. The molecule has 6 nitrogen and oxygen atoms in total. The molecule has 0 amide bonds. The van der Waals surface area contributed by atoms with Crippen molar-refractivity contribution in [2.75, 3.05) is 0 Å². The van der Waals surface area contributed by atoms with Crippen LogP contribution in [0.5, 0.6) is 0 Å². The molecule has 0 radical (unpaired) electrons. The maximum Gasteiger partial charge on any atom is 0.0861 e. The van der Waals surface area contributed by atoms with Crippen LogP contribution < -0.4 is 0 Å². The molecule has 8 aromatic rings. The van der Waals surface area contributed by atoms with E-state index in [9.17, 15) is 0 Å². The molecule has 0 bridgehead atoms. The van der Waals surface area contributed by atoms with Crippen molar-refractivity contribution < 1.29 is 9.47 Å². The first-order chi connectivity index (χ1) is 53.2. The highest BCUT2D eigenvalue weighted by atomic mass is 16.5. The van der Waals surface area contributed by atoms with E-state index in [0.717, 1.165) is 72.1 Å². The topological polar surface area (TPSA) is 70.0 Å². The number of aryl methyl sites for hydroxylation is 4. The molecule has 0 N–H and O–H groups in total. The third-order valence-corrected chi connectivity index (χ3v) is 26.1. The number of benzene rings is 4. The van der Waals surface area contributed by atoms with Crippen LogP contribution in [0.4, 0.5) is 0 Å². The van der Waals surface area contributed by atoms with Crippen LogP contribution in [-0.2, 0) is 35.2 Å². The Morgan fingerprint density at radius 3 is 0.657 bits per heavy atom. The van der Waals surface area contributed by atoms with E-state index in [1.54, 1.807) is 0 Å². The van der Waals surface area contributed by atoms with Crippen molar-refractivity contribution in [1.29, 1.82) is 0 Å². The van der Waals surface area contributed by atoms with E-state index < -0.39 is 0 Å². The van der Waals surface area contributed by atoms with Crippen LogP contribution in [0.3, 0.4) is 0 Å². The summed E-state index contributed by atoms with van der Waals surface area (Å²) in [5.41, 5.74) is 19.7. The van der Waals surface area contributed by atoms with Gasteiger partial charge in [0.25, 0.3) is 0 Å². The zero-order valence-corrected chi connectivity index (χ0v) is 68.6. The van der Waals surface area contributed by atoms with Crippen LogP contribution in [0.1, 0.15) is 343 Å². The molecule has 6 heteroatoms. The number of nitrogens with zero attached hydrogens (tertiary/aromatic N) is 4. The minimum Gasteiger partial charge on any atom is -0.365 e. The fourth-order valence-corrected chi connectivity index (χ4v) is 19.0. The molecule has 0 aliphatic heterocycles. The molecule has 12 rings (SSSR count). The third kappa shape index (κ3) is 24.2. The van der Waals surface area contributed by atoms with E-state index >= 15 is 0 Å². The van der Waals surface area contributed by atoms with Gasteiger partial charge in [0.05, 0.1) is 47.2 Å². The Labute approximate surface area is 656 Å². The van der Waals surface area contributed by atoms with Gasteiger partial charge in [-0.15, -0.1) is 0 Å². The summed E-state index contributed by atoms with van der Waals surface area (Å²) in [6.07, 6.45) is 56.8. The van der Waals surface area contributed by atoms with Crippen LogP contribution in [0.25, 0.3) is 45.0 Å². The summed E-state index contributed by atoms with van der Waals surface area (Å²) < 4.78 is 15.3. The molecule has 4 atom stereocenters. The highest BCUT2D eigenvalue weighted by Gasteiger charge is 2.38. The fourth-order valence-electron chi connectivity index (χ4n) is 19.0. The van der Waals surface area contributed by atoms with Gasteiger partial charge in [-0.05, 0) is 219 Å². The second kappa shape index (κ2) is 44.4. The highest BCUT2D eigenvalue weighted by molar-refractivity contribution is 5.62. The second-order valence-corrected chi connectivity index (χ2v) is 34.0. The van der Waals surface area contributed by atoms with Crippen LogP contribution in [0.15, 0.2) is 170 Å². The third-order valence-electron chi connectivity index (χ3n) is 26.1. The summed E-state index contributed by atoms with van der Waals surface area (Å²) in [5.74, 6) is 5.62. The zero-order valence-electron chi connectivity index (χ0n) is 68.6. The fraction of sp³-hybridized carbons (Fsp3) is 0.569. The SMILES string of the molecule is CCCCCc1ccc(-c2ccc(C(OC(c3ccc(-c4ccc(CCCCC)cn4)cc3)C3CCC(CC)CC3)C3CCC(CC)CC3)cc2)nc1.CCCCCc1ccc(-c2ccc(C(OC(c3ccc(-c4ccc(CCCCC)cn4)cc3)C3CCC(CCC)CC3)C3CCC(CCC)CC3)cc2)nc1. The molecule has 580 valence electrons. The quantitative estimate of drug-likeness (QED) is 0.0359. The molecule has 4 saturated carbocycles. The first kappa shape index (κ1) is 82.4. The van der Waals surface area contributed by atoms with Gasteiger partial charge in [0.2, 0.25) is 0 Å². The minimum atomic E-state index is 0.0884. The Hall–Kier alpha value is -6.60. The summed E-state index contributed by atoms with van der Waals surface area (Å²) in [4.78, 5) is 19.6. The van der Waals surface area contributed by atoms with Gasteiger partial charge in [-0.2, -0.15) is 0 Å². The number of ether oxygens (including phenoxy) is 2. The van der Waals surface area contributed by atoms with Gasteiger partial charge in [0.15, 0.2) is 0 Å². The van der Waals surface area contributed by atoms with Gasteiger partial charge in [-0.1, -0.05) is 318 Å². The number of rotatable bonds is 38. The molecule has 4 unspecified atom stereocenters. The molecule has 4 aromatic heterocycles. The highest BCUT2D eigenvalue weighted by Crippen LogP contribution is 2.50. The van der Waals surface area contributed by atoms with Crippen molar-refractivity contribution in [3.63, 3.8) is 0 Å². The molecule has 4 aliphatic carbocycles. The lowest BCUT2D eigenvalue weighted by Crippen LogP contribution is -2.28. The number of pyridine rings is 4. The van der Waals surface area contributed by atoms with E-state index in [1.165, 1.54) is 285 Å². The monoisotopic (exact) mass is 1450 g/mol. The number of aromatic nitrogens is 4. The minimum absolute atomic E-state index is 0.0884. The Balaban J connectivity index is 0.000000215. The van der Waals surface area contributed by atoms with Crippen molar-refractivity contribution >= 4 is 0 Å². The van der Waals surface area contributed by atoms with Gasteiger partial charge < -0.3 is 9.47 Å². The predicted molar refractivity (Wildman–Crippen MR) is 457 cm³/mol. The Bertz CT molecular complexity index is 3470. The summed E-state index contributed by atoms with van der Waals surface area (Å²) in [6.45, 7) is 18.5. The Morgan fingerprint density at radius 1 is 0.250 bits per heavy atom. The van der Waals surface area contributed by atoms with Crippen LogP contribution in [-0.4, -0.2) is 19.9 Å². The van der Waals surface area contributed by atoms with E-state index in [-0.39, 0.29) is 24.4 Å². The Kier molecular flexibility index (Phi) is 33.9. The van der Waals surface area contributed by atoms with E-state index in [0.29, 0.717) is 23.7 Å². The lowest BCUT2D eigenvalue weighted by Gasteiger charge is -2.40. The van der Waals surface area contributed by atoms with Crippen molar-refractivity contribution in [3.05, 3.63) is 215 Å². The summed E-state index contributed by atoms with van der Waals surface area (Å²) in [6, 6.07) is 55.2. The molecular formula is C102H140N4O2. The van der Waals surface area contributed by atoms with Crippen LogP contribution >= 0.6 is 0 Å². The molecule has 4 heterocycles. The molecule has 0 saturated heterocycles. The lowest BCUT2D eigenvalue weighted by molar-refractivity contribution is -0.0907. The van der Waals surface area contributed by atoms with Crippen molar-refractivity contribution in [1.82, 2.24) is 19.9 Å². The Morgan fingerprint density at radius 2 is 0.472 bits per heavy atom. The molecule has 4 aromatic carbocycles. The van der Waals surface area contributed by atoms with E-state index in [4.69, 9.17) is 29.4 Å². The maximum atomic E-state index is 7.68. The second-order valence-electron chi connectivity index (χ2n) is 34.0. The normalized spacial score (nSPS) is 21.5. The van der Waals surface area contributed by atoms with Gasteiger partial charge in [-0.25, -0.2) is 0 Å². The van der Waals surface area contributed by atoms with Gasteiger partial charge >= 0.3 is 0 Å². The summed E-state index contributed by atoms with van der Waals surface area (Å²) in [5, 5.41) is 0. The van der Waals surface area contributed by atoms with Gasteiger partial charge in [0.1, 0.15) is 0 Å². The van der Waals surface area contributed by atoms with Crippen LogP contribution in [0, 0.1) is 47.3 Å². The maximum absolute atomic E-state index is 7.68. The number of hydrogen-bond acceptors (Lipinski definition) is 6. The van der Waals surface area contributed by atoms with Crippen molar-refractivity contribution in [2.24, 2.45) is 47.3 Å². The lowest BCUT2D eigenvalue weighted by atomic mass is 9.75. The average molecular weight is 1450 g/mol. The molecule has 4 fully saturated rings. The summed E-state index contributed by atoms with van der Waals surface area (Å²) in [7, 11) is 0. The smallest absolute Gasteiger partial charge is 0.0861 e. The molecule has 4 aliphatic rings. The first-order valence-electron chi connectivity index (χ1n) is 44.7. The predicted octanol–water partition coefficient (Wildman–Crippen LogP) is 29.8. The largest absolute Gasteiger partial charge is 0.365 e. The van der Waals surface area contributed by atoms with Crippen molar-refractivity contribution in [3.8, 4) is 45.0 Å². The molecular weight excluding hydrogens is 1310 g/mol. The van der Waals surface area contributed by atoms with E-state index in [2.05, 4.69) is 226 Å². The van der Waals surface area contributed by atoms with Crippen LogP contribution in [0.2, 0.25) is 0 Å². The molecule has 0 spiro atoms. The van der Waals surface area contributed by atoms with Crippen molar-refractivity contribution in [2.45, 2.75) is 324 Å². The van der Waals surface area contributed by atoms with Gasteiger partial charge in [-0.3, -0.25) is 19.9 Å². The van der Waals surface area contributed by atoms with Gasteiger partial charge in [0, 0.05) is 47.0 Å². The standard InChI is InChI=1S/C52H72N2O.C50H68N2O/c1-5-9-11-15-41-21-35-49(53-37-41)43-27-31-47(32-28-43)51(45-23-17-39(13-7-3)18-24-45)55-52(46-25-19-40(14-8-4)20-26-46)48-33-29-44(30-34-48)50-36-22-42(38-54-50)16-12-10-6-2;1-5-9-11-13-39-19-33-47(51-35-39)41-25-29-45(30-26-41)49(43-21-15-37(7-3)16-22-43)53-50(44-23-17-38(8-4)18-24-44)46-31-27-42(28-32-46)48-34-20-40(36-52-48)14-12-10-6-2/h21-22,27-40,45-46,51-52H,5-20,23-26H2,1-4H3;19-20,25-38,43-44,49-50H,5-18,21-24H2,1-4H3. The van der Waals surface area contributed by atoms with E-state index in [1.807, 2.05) is 0 Å². The zero-order chi connectivity index (χ0) is 75.1. The molecule has 108 heavy (non-hydrogen) atoms. The first-order valence-corrected chi connectivity index (χ1v) is 44.7. The summed E-state index contributed by atoms with van der Waals surface area (Å²) >= 11 is 0. The number of unbranched alkanes of at least 4 members (excludes halogenated alkanes) is 8.